The summed E-state index contributed by atoms with van der Waals surface area (Å²) in [5.41, 5.74) is -0.571. The molecule has 160 valence electrons. The highest BCUT2D eigenvalue weighted by atomic mass is 35.5. The Bertz CT molecular complexity index is 791. The van der Waals surface area contributed by atoms with E-state index in [1.807, 2.05) is 0 Å². The lowest BCUT2D eigenvalue weighted by molar-refractivity contribution is -0.158. The standard InChI is InChI=1S/C23H32ClNO4/c1-13(2)17-9-7-14(3)11-20(17)28-21(26)15(4)25-18-12-16(24)8-10-19(18)29-23(5,6)22(25)27/h8,10,12-15,17,20H,7,9,11H2,1-6H3. The van der Waals surface area contributed by atoms with Crippen molar-refractivity contribution in [1.29, 1.82) is 0 Å². The van der Waals surface area contributed by atoms with E-state index in [1.54, 1.807) is 39.0 Å². The molecule has 1 saturated carbocycles. The predicted molar refractivity (Wildman–Crippen MR) is 114 cm³/mol. The first-order valence-electron chi connectivity index (χ1n) is 10.5. The van der Waals surface area contributed by atoms with Gasteiger partial charge < -0.3 is 9.47 Å². The van der Waals surface area contributed by atoms with Gasteiger partial charge in [-0.3, -0.25) is 9.69 Å². The molecule has 0 aromatic heterocycles. The van der Waals surface area contributed by atoms with Crippen LogP contribution in [0.5, 0.6) is 5.75 Å². The molecule has 5 nitrogen and oxygen atoms in total. The van der Waals surface area contributed by atoms with Crippen molar-refractivity contribution in [3.8, 4) is 5.75 Å². The maximum atomic E-state index is 13.1. The molecule has 1 aliphatic heterocycles. The summed E-state index contributed by atoms with van der Waals surface area (Å²) in [7, 11) is 0. The predicted octanol–water partition coefficient (Wildman–Crippen LogP) is 5.24. The Hall–Kier alpha value is -1.75. The van der Waals surface area contributed by atoms with Gasteiger partial charge in [0.25, 0.3) is 5.91 Å². The zero-order valence-electron chi connectivity index (χ0n) is 18.2. The fourth-order valence-corrected chi connectivity index (χ4v) is 4.64. The van der Waals surface area contributed by atoms with Crippen LogP contribution in [0.2, 0.25) is 5.02 Å². The minimum atomic E-state index is -1.07. The number of hydrogen-bond donors (Lipinski definition) is 0. The molecule has 0 bridgehead atoms. The molecule has 1 heterocycles. The lowest BCUT2D eigenvalue weighted by Crippen LogP contribution is -2.57. The van der Waals surface area contributed by atoms with E-state index in [1.165, 1.54) is 4.90 Å². The molecule has 2 aliphatic rings. The number of rotatable bonds is 4. The summed E-state index contributed by atoms with van der Waals surface area (Å²) in [5.74, 6) is 1.19. The summed E-state index contributed by atoms with van der Waals surface area (Å²) in [4.78, 5) is 27.8. The first-order valence-corrected chi connectivity index (χ1v) is 10.9. The molecule has 3 rings (SSSR count). The second kappa shape index (κ2) is 8.17. The smallest absolute Gasteiger partial charge is 0.329 e. The second-order valence-corrected chi connectivity index (χ2v) is 9.81. The summed E-state index contributed by atoms with van der Waals surface area (Å²) in [5, 5.41) is 0.478. The van der Waals surface area contributed by atoms with Gasteiger partial charge in [0.1, 0.15) is 17.9 Å². The third kappa shape index (κ3) is 4.40. The van der Waals surface area contributed by atoms with Gasteiger partial charge in [-0.1, -0.05) is 38.8 Å². The van der Waals surface area contributed by atoms with Crippen molar-refractivity contribution in [2.45, 2.75) is 78.6 Å². The maximum Gasteiger partial charge on any atom is 0.329 e. The molecular weight excluding hydrogens is 390 g/mol. The lowest BCUT2D eigenvalue weighted by Gasteiger charge is -2.42. The van der Waals surface area contributed by atoms with Crippen LogP contribution in [0, 0.1) is 17.8 Å². The summed E-state index contributed by atoms with van der Waals surface area (Å²) >= 11 is 6.16. The van der Waals surface area contributed by atoms with Crippen LogP contribution in [-0.2, 0) is 14.3 Å². The number of ether oxygens (including phenoxy) is 2. The fourth-order valence-electron chi connectivity index (χ4n) is 4.47. The van der Waals surface area contributed by atoms with Gasteiger partial charge >= 0.3 is 5.97 Å². The summed E-state index contributed by atoms with van der Waals surface area (Å²) in [6.45, 7) is 11.7. The van der Waals surface area contributed by atoms with E-state index < -0.39 is 11.6 Å². The van der Waals surface area contributed by atoms with E-state index in [-0.39, 0.29) is 18.0 Å². The van der Waals surface area contributed by atoms with Crippen LogP contribution in [0.4, 0.5) is 5.69 Å². The van der Waals surface area contributed by atoms with Gasteiger partial charge in [0, 0.05) is 5.02 Å². The molecule has 1 aromatic rings. The van der Waals surface area contributed by atoms with Gasteiger partial charge in [-0.15, -0.1) is 0 Å². The quantitative estimate of drug-likeness (QED) is 0.624. The van der Waals surface area contributed by atoms with Crippen molar-refractivity contribution in [2.24, 2.45) is 17.8 Å². The number of carbonyl (C=O) groups is 2. The zero-order valence-corrected chi connectivity index (χ0v) is 19.0. The largest absolute Gasteiger partial charge is 0.476 e. The normalized spacial score (nSPS) is 27.2. The Balaban J connectivity index is 1.86. The van der Waals surface area contributed by atoms with Crippen molar-refractivity contribution < 1.29 is 19.1 Å². The Morgan fingerprint density at radius 1 is 1.28 bits per heavy atom. The zero-order chi connectivity index (χ0) is 21.5. The number of carbonyl (C=O) groups excluding carboxylic acids is 2. The fraction of sp³-hybridized carbons (Fsp3) is 0.652. The molecular formula is C23H32ClNO4. The number of amides is 1. The van der Waals surface area contributed by atoms with Crippen molar-refractivity contribution in [1.82, 2.24) is 0 Å². The van der Waals surface area contributed by atoms with Gasteiger partial charge in [0.2, 0.25) is 0 Å². The van der Waals surface area contributed by atoms with Crippen LogP contribution >= 0.6 is 11.6 Å². The number of benzene rings is 1. The molecule has 1 fully saturated rings. The molecule has 29 heavy (non-hydrogen) atoms. The number of esters is 1. The second-order valence-electron chi connectivity index (χ2n) is 9.38. The highest BCUT2D eigenvalue weighted by molar-refractivity contribution is 6.31. The molecule has 0 spiro atoms. The average molecular weight is 422 g/mol. The van der Waals surface area contributed by atoms with Gasteiger partial charge in [-0.05, 0) is 69.6 Å². The molecule has 4 unspecified atom stereocenters. The average Bonchev–Trinajstić information content (AvgIpc) is 2.62. The van der Waals surface area contributed by atoms with E-state index in [2.05, 4.69) is 20.8 Å². The Kier molecular flexibility index (Phi) is 6.19. The molecule has 6 heteroatoms. The van der Waals surface area contributed by atoms with Crippen LogP contribution < -0.4 is 9.64 Å². The minimum absolute atomic E-state index is 0.114. The van der Waals surface area contributed by atoms with Crippen LogP contribution in [-0.4, -0.2) is 29.6 Å². The molecule has 0 radical (unpaired) electrons. The number of nitrogens with zero attached hydrogens (tertiary/aromatic N) is 1. The van der Waals surface area contributed by atoms with E-state index in [0.717, 1.165) is 19.3 Å². The van der Waals surface area contributed by atoms with Gasteiger partial charge in [-0.2, -0.15) is 0 Å². The van der Waals surface area contributed by atoms with Crippen molar-refractivity contribution in [3.05, 3.63) is 23.2 Å². The molecule has 1 aliphatic carbocycles. The van der Waals surface area contributed by atoms with Crippen molar-refractivity contribution >= 4 is 29.2 Å². The van der Waals surface area contributed by atoms with E-state index in [4.69, 9.17) is 21.1 Å². The van der Waals surface area contributed by atoms with Crippen LogP contribution in [0.25, 0.3) is 0 Å². The third-order valence-electron chi connectivity index (χ3n) is 6.24. The van der Waals surface area contributed by atoms with Crippen LogP contribution in [0.1, 0.15) is 60.8 Å². The maximum absolute atomic E-state index is 13.1. The van der Waals surface area contributed by atoms with Crippen molar-refractivity contribution in [2.75, 3.05) is 4.90 Å². The minimum Gasteiger partial charge on any atom is -0.476 e. The van der Waals surface area contributed by atoms with Crippen molar-refractivity contribution in [3.63, 3.8) is 0 Å². The molecule has 1 amide bonds. The van der Waals surface area contributed by atoms with Gasteiger partial charge in [0.15, 0.2) is 5.60 Å². The third-order valence-corrected chi connectivity index (χ3v) is 6.47. The first kappa shape index (κ1) is 21.9. The summed E-state index contributed by atoms with van der Waals surface area (Å²) in [6, 6.07) is 4.33. The van der Waals surface area contributed by atoms with Crippen LogP contribution in [0.15, 0.2) is 18.2 Å². The molecule has 1 aromatic carbocycles. The Labute approximate surface area is 178 Å². The Morgan fingerprint density at radius 3 is 2.62 bits per heavy atom. The van der Waals surface area contributed by atoms with E-state index >= 15 is 0 Å². The molecule has 4 atom stereocenters. The highest BCUT2D eigenvalue weighted by Gasteiger charge is 2.45. The summed E-state index contributed by atoms with van der Waals surface area (Å²) in [6.07, 6.45) is 2.98. The molecule has 0 N–H and O–H groups in total. The van der Waals surface area contributed by atoms with Gasteiger partial charge in [-0.25, -0.2) is 4.79 Å². The van der Waals surface area contributed by atoms with Gasteiger partial charge in [0.05, 0.1) is 5.69 Å². The monoisotopic (exact) mass is 421 g/mol. The number of halogens is 1. The van der Waals surface area contributed by atoms with E-state index in [9.17, 15) is 9.59 Å². The highest BCUT2D eigenvalue weighted by Crippen LogP contribution is 2.41. The topological polar surface area (TPSA) is 55.8 Å². The number of anilines is 1. The van der Waals surface area contributed by atoms with Crippen LogP contribution in [0.3, 0.4) is 0 Å². The SMILES string of the molecule is CC1CCC(C(C)C)C(OC(=O)C(C)N2C(=O)C(C)(C)Oc3ccc(Cl)cc32)C1. The lowest BCUT2D eigenvalue weighted by atomic mass is 9.75. The molecule has 0 saturated heterocycles. The summed E-state index contributed by atoms with van der Waals surface area (Å²) < 4.78 is 11.9. The van der Waals surface area contributed by atoms with E-state index in [0.29, 0.717) is 34.2 Å². The first-order chi connectivity index (χ1) is 13.5. The number of hydrogen-bond acceptors (Lipinski definition) is 4. The number of fused-ring (bicyclic) bond motifs is 1. The Morgan fingerprint density at radius 2 is 1.97 bits per heavy atom.